The van der Waals surface area contributed by atoms with Gasteiger partial charge < -0.3 is 10.2 Å². The fourth-order valence-corrected chi connectivity index (χ4v) is 7.75. The lowest BCUT2D eigenvalue weighted by Crippen LogP contribution is -1.90. The second-order valence-electron chi connectivity index (χ2n) is 11.4. The molecule has 6 rings (SSSR count). The molecule has 0 amide bonds. The molecule has 49 heavy (non-hydrogen) atoms. The van der Waals surface area contributed by atoms with Gasteiger partial charge in [-0.25, -0.2) is 0 Å². The Hall–Kier alpha value is -5.16. The quantitative estimate of drug-likeness (QED) is 0.100. The fourth-order valence-electron chi connectivity index (χ4n) is 5.72. The predicted octanol–water partition coefficient (Wildman–Crippen LogP) is 12.7. The van der Waals surface area contributed by atoms with Crippen molar-refractivity contribution in [1.82, 2.24) is 0 Å². The van der Waals surface area contributed by atoms with Crippen molar-refractivity contribution >= 4 is 23.5 Å². The molecule has 0 aliphatic rings. The van der Waals surface area contributed by atoms with E-state index in [1.165, 1.54) is 5.57 Å². The summed E-state index contributed by atoms with van der Waals surface area (Å²) in [6, 6.07) is 48.5. The largest absolute Gasteiger partial charge is 0.507 e. The molecule has 2 nitrogen and oxygen atoms in total. The molecule has 6 aromatic carbocycles. The van der Waals surface area contributed by atoms with Gasteiger partial charge >= 0.3 is 0 Å². The monoisotopic (exact) mass is 674 g/mol. The molecule has 0 spiro atoms. The first-order chi connectivity index (χ1) is 24.1. The SMILES string of the molecule is C/C=C\C=C/C(=CCSc1ccccc1-c1cccc(-c2ccccc2)c1O)CSc1ccccc1-c1cccc(-c2ccccc2)c1O. The van der Waals surface area contributed by atoms with E-state index in [9.17, 15) is 10.2 Å². The highest BCUT2D eigenvalue weighted by Crippen LogP contribution is 2.43. The van der Waals surface area contributed by atoms with Crippen LogP contribution in [0, 0.1) is 0 Å². The van der Waals surface area contributed by atoms with Gasteiger partial charge in [-0.05, 0) is 46.9 Å². The lowest BCUT2D eigenvalue weighted by atomic mass is 9.97. The van der Waals surface area contributed by atoms with E-state index in [0.29, 0.717) is 11.5 Å². The molecule has 0 atom stereocenters. The van der Waals surface area contributed by atoms with Gasteiger partial charge in [0.15, 0.2) is 0 Å². The summed E-state index contributed by atoms with van der Waals surface area (Å²) in [4.78, 5) is 2.22. The highest BCUT2D eigenvalue weighted by molar-refractivity contribution is 8.00. The van der Waals surface area contributed by atoms with Gasteiger partial charge in [0.1, 0.15) is 11.5 Å². The van der Waals surface area contributed by atoms with Crippen LogP contribution in [0.5, 0.6) is 11.5 Å². The van der Waals surface area contributed by atoms with Crippen LogP contribution >= 0.6 is 23.5 Å². The summed E-state index contributed by atoms with van der Waals surface area (Å²) in [7, 11) is 0. The minimum atomic E-state index is 0.293. The van der Waals surface area contributed by atoms with E-state index in [4.69, 9.17) is 0 Å². The van der Waals surface area contributed by atoms with E-state index >= 15 is 0 Å². The van der Waals surface area contributed by atoms with Crippen molar-refractivity contribution in [3.05, 3.63) is 182 Å². The number of allylic oxidation sites excluding steroid dienone is 4. The maximum atomic E-state index is 11.4. The van der Waals surface area contributed by atoms with Crippen molar-refractivity contribution < 1.29 is 10.2 Å². The van der Waals surface area contributed by atoms with Crippen LogP contribution in [0.3, 0.4) is 0 Å². The van der Waals surface area contributed by atoms with E-state index in [-0.39, 0.29) is 0 Å². The molecule has 0 aliphatic carbocycles. The van der Waals surface area contributed by atoms with Crippen molar-refractivity contribution in [2.75, 3.05) is 11.5 Å². The molecule has 0 heterocycles. The molecule has 0 bridgehead atoms. The number of aromatic hydroxyl groups is 2. The smallest absolute Gasteiger partial charge is 0.131 e. The van der Waals surface area contributed by atoms with Gasteiger partial charge in [-0.3, -0.25) is 0 Å². The minimum Gasteiger partial charge on any atom is -0.507 e. The maximum absolute atomic E-state index is 11.4. The molecule has 0 unspecified atom stereocenters. The minimum absolute atomic E-state index is 0.293. The van der Waals surface area contributed by atoms with Crippen LogP contribution in [0.2, 0.25) is 0 Å². The third-order valence-electron chi connectivity index (χ3n) is 8.19. The number of benzene rings is 6. The molecule has 0 saturated carbocycles. The predicted molar refractivity (Wildman–Crippen MR) is 211 cm³/mol. The van der Waals surface area contributed by atoms with E-state index in [1.807, 2.05) is 128 Å². The Labute approximate surface area is 298 Å². The molecule has 0 radical (unpaired) electrons. The molecule has 0 saturated heterocycles. The Morgan fingerprint density at radius 2 is 0.939 bits per heavy atom. The molecule has 0 fully saturated rings. The number of phenolic OH excluding ortho intramolecular Hbond substituents is 2. The van der Waals surface area contributed by atoms with Crippen LogP contribution in [-0.4, -0.2) is 21.7 Å². The van der Waals surface area contributed by atoms with Crippen LogP contribution < -0.4 is 0 Å². The summed E-state index contributed by atoms with van der Waals surface area (Å²) in [6.45, 7) is 2.02. The lowest BCUT2D eigenvalue weighted by Gasteiger charge is -2.14. The first-order valence-electron chi connectivity index (χ1n) is 16.3. The maximum Gasteiger partial charge on any atom is 0.131 e. The second kappa shape index (κ2) is 16.8. The highest BCUT2D eigenvalue weighted by Gasteiger charge is 2.15. The Morgan fingerprint density at radius 3 is 1.47 bits per heavy atom. The van der Waals surface area contributed by atoms with Crippen LogP contribution in [0.15, 0.2) is 191 Å². The molecule has 6 aromatic rings. The molecule has 242 valence electrons. The molecular formula is C45H38O2S2. The van der Waals surface area contributed by atoms with Crippen LogP contribution in [0.25, 0.3) is 44.5 Å². The topological polar surface area (TPSA) is 40.5 Å². The van der Waals surface area contributed by atoms with Gasteiger partial charge in [-0.1, -0.05) is 164 Å². The van der Waals surface area contributed by atoms with E-state index in [1.54, 1.807) is 23.5 Å². The Kier molecular flexibility index (Phi) is 11.6. The third-order valence-corrected chi connectivity index (χ3v) is 10.3. The zero-order valence-electron chi connectivity index (χ0n) is 27.4. The van der Waals surface area contributed by atoms with Gasteiger partial charge in [0.2, 0.25) is 0 Å². The Balaban J connectivity index is 1.23. The molecular weight excluding hydrogens is 637 g/mol. The third kappa shape index (κ3) is 8.29. The van der Waals surface area contributed by atoms with Crippen molar-refractivity contribution in [3.63, 3.8) is 0 Å². The number of hydrogen-bond donors (Lipinski definition) is 2. The number of thioether (sulfide) groups is 2. The van der Waals surface area contributed by atoms with Crippen molar-refractivity contribution in [2.45, 2.75) is 16.7 Å². The summed E-state index contributed by atoms with van der Waals surface area (Å²) in [5.41, 5.74) is 8.52. The van der Waals surface area contributed by atoms with Gasteiger partial charge in [0.25, 0.3) is 0 Å². The molecule has 0 aliphatic heterocycles. The normalized spacial score (nSPS) is 11.8. The second-order valence-corrected chi connectivity index (χ2v) is 13.5. The van der Waals surface area contributed by atoms with Crippen molar-refractivity contribution in [1.29, 1.82) is 0 Å². The number of phenols is 2. The standard InChI is InChI=1S/C45H38O2S2/c1-2-3-6-17-33(32-49-43-29-14-12-23-39(43)41-27-16-25-37(45(41)47)35-20-9-5-10-21-35)30-31-48-42-28-13-11-22-38(42)40-26-15-24-36(44(40)46)34-18-7-4-8-19-34/h2-30,46-47H,31-32H2,1H3/b3-2-,17-6-,33-30?. The summed E-state index contributed by atoms with van der Waals surface area (Å²) in [5.74, 6) is 2.13. The van der Waals surface area contributed by atoms with E-state index in [2.05, 4.69) is 54.6 Å². The first-order valence-corrected chi connectivity index (χ1v) is 18.3. The first kappa shape index (κ1) is 33.7. The van der Waals surface area contributed by atoms with Gasteiger partial charge in [-0.2, -0.15) is 0 Å². The van der Waals surface area contributed by atoms with Gasteiger partial charge in [0, 0.05) is 43.6 Å². The number of rotatable bonds is 12. The summed E-state index contributed by atoms with van der Waals surface area (Å²) < 4.78 is 0. The Bertz CT molecular complexity index is 2100. The highest BCUT2D eigenvalue weighted by atomic mass is 32.2. The average Bonchev–Trinajstić information content (AvgIpc) is 3.15. The van der Waals surface area contributed by atoms with Gasteiger partial charge in [-0.15, -0.1) is 23.5 Å². The molecule has 0 aromatic heterocycles. The average molecular weight is 675 g/mol. The summed E-state index contributed by atoms with van der Waals surface area (Å²) in [5, 5.41) is 22.8. The lowest BCUT2D eigenvalue weighted by molar-refractivity contribution is 0.478. The van der Waals surface area contributed by atoms with Crippen LogP contribution in [0.1, 0.15) is 6.92 Å². The van der Waals surface area contributed by atoms with Gasteiger partial charge in [0.05, 0.1) is 0 Å². The van der Waals surface area contributed by atoms with Crippen molar-refractivity contribution in [2.24, 2.45) is 0 Å². The van der Waals surface area contributed by atoms with Crippen LogP contribution in [-0.2, 0) is 0 Å². The van der Waals surface area contributed by atoms with E-state index < -0.39 is 0 Å². The zero-order valence-corrected chi connectivity index (χ0v) is 29.0. The molecule has 2 N–H and O–H groups in total. The number of hydrogen-bond acceptors (Lipinski definition) is 4. The zero-order chi connectivity index (χ0) is 33.8. The van der Waals surface area contributed by atoms with E-state index in [0.717, 1.165) is 65.8 Å². The fraction of sp³-hybridized carbons (Fsp3) is 0.0667. The number of para-hydroxylation sites is 2. The molecule has 4 heteroatoms. The van der Waals surface area contributed by atoms with Crippen LogP contribution in [0.4, 0.5) is 0 Å². The summed E-state index contributed by atoms with van der Waals surface area (Å²) >= 11 is 3.53. The summed E-state index contributed by atoms with van der Waals surface area (Å²) in [6.07, 6.45) is 10.6. The van der Waals surface area contributed by atoms with Crippen molar-refractivity contribution in [3.8, 4) is 56.0 Å². The Morgan fingerprint density at radius 1 is 0.490 bits per heavy atom.